The summed E-state index contributed by atoms with van der Waals surface area (Å²) in [6.07, 6.45) is 49.5. The molecule has 0 N–H and O–H groups in total. The van der Waals surface area contributed by atoms with Gasteiger partial charge in [-0.1, -0.05) is 172 Å². The number of unbranched alkanes of at least 4 members (excludes halogenated alkanes) is 21. The van der Waals surface area contributed by atoms with Crippen LogP contribution in [0.5, 0.6) is 0 Å². The van der Waals surface area contributed by atoms with Gasteiger partial charge in [0.05, 0.1) is 0 Å². The molecule has 0 fully saturated rings. The molecule has 6 heteroatoms. The van der Waals surface area contributed by atoms with Crippen LogP contribution in [0, 0.1) is 0 Å². The van der Waals surface area contributed by atoms with Gasteiger partial charge < -0.3 is 14.2 Å². The molecular weight excluding hydrogens is 673 g/mol. The van der Waals surface area contributed by atoms with Crippen LogP contribution in [0.25, 0.3) is 0 Å². The second kappa shape index (κ2) is 43.1. The fraction of sp³-hybridized carbons (Fsp3) is 0.771. The monoisotopic (exact) mass is 757 g/mol. The van der Waals surface area contributed by atoms with Crippen molar-refractivity contribution in [1.29, 1.82) is 0 Å². The summed E-state index contributed by atoms with van der Waals surface area (Å²) in [5.41, 5.74) is 0. The number of ether oxygens (including phenoxy) is 3. The second-order valence-electron chi connectivity index (χ2n) is 14.9. The summed E-state index contributed by atoms with van der Waals surface area (Å²) in [4.78, 5) is 37.7. The highest BCUT2D eigenvalue weighted by Gasteiger charge is 2.19. The first-order valence-electron chi connectivity index (χ1n) is 22.6. The first-order chi connectivity index (χ1) is 26.5. The Bertz CT molecular complexity index is 964. The minimum Gasteiger partial charge on any atom is -0.462 e. The van der Waals surface area contributed by atoms with Crippen LogP contribution in [0.3, 0.4) is 0 Å². The van der Waals surface area contributed by atoms with Gasteiger partial charge >= 0.3 is 17.9 Å². The maximum atomic E-state index is 12.7. The average Bonchev–Trinajstić information content (AvgIpc) is 3.17. The van der Waals surface area contributed by atoms with E-state index in [2.05, 4.69) is 69.4 Å². The molecule has 0 radical (unpaired) electrons. The minimum atomic E-state index is -0.784. The summed E-state index contributed by atoms with van der Waals surface area (Å²) >= 11 is 0. The van der Waals surface area contributed by atoms with Crippen molar-refractivity contribution in [2.45, 2.75) is 226 Å². The van der Waals surface area contributed by atoms with Gasteiger partial charge in [0.15, 0.2) is 6.10 Å². The third-order valence-electron chi connectivity index (χ3n) is 9.57. The van der Waals surface area contributed by atoms with Gasteiger partial charge in [-0.15, -0.1) is 0 Å². The summed E-state index contributed by atoms with van der Waals surface area (Å²) in [6.45, 7) is 6.45. The van der Waals surface area contributed by atoms with Gasteiger partial charge in [0, 0.05) is 19.3 Å². The topological polar surface area (TPSA) is 78.9 Å². The van der Waals surface area contributed by atoms with Gasteiger partial charge in [-0.25, -0.2) is 0 Å². The van der Waals surface area contributed by atoms with Crippen molar-refractivity contribution < 1.29 is 28.6 Å². The van der Waals surface area contributed by atoms with E-state index < -0.39 is 6.10 Å². The van der Waals surface area contributed by atoms with Crippen LogP contribution in [0.15, 0.2) is 48.6 Å². The lowest BCUT2D eigenvalue weighted by Crippen LogP contribution is -2.30. The van der Waals surface area contributed by atoms with Crippen LogP contribution >= 0.6 is 0 Å². The molecule has 0 aliphatic rings. The zero-order valence-corrected chi connectivity index (χ0v) is 35.5. The maximum absolute atomic E-state index is 12.7. The van der Waals surface area contributed by atoms with E-state index in [1.165, 1.54) is 83.5 Å². The molecule has 0 saturated carbocycles. The number of hydrogen-bond donors (Lipinski definition) is 0. The number of allylic oxidation sites excluding steroid dienone is 8. The van der Waals surface area contributed by atoms with Gasteiger partial charge in [-0.05, 0) is 77.0 Å². The van der Waals surface area contributed by atoms with Crippen molar-refractivity contribution in [3.63, 3.8) is 0 Å². The molecule has 0 saturated heterocycles. The van der Waals surface area contributed by atoms with Crippen LogP contribution in [-0.4, -0.2) is 37.2 Å². The summed E-state index contributed by atoms with van der Waals surface area (Å²) in [5, 5.41) is 0. The van der Waals surface area contributed by atoms with Crippen LogP contribution in [0.4, 0.5) is 0 Å². The molecule has 54 heavy (non-hydrogen) atoms. The molecule has 0 aliphatic heterocycles. The molecule has 0 amide bonds. The Labute approximate surface area is 333 Å². The molecule has 0 bridgehead atoms. The van der Waals surface area contributed by atoms with Crippen molar-refractivity contribution in [2.75, 3.05) is 13.2 Å². The molecule has 0 aromatic carbocycles. The number of hydrogen-bond acceptors (Lipinski definition) is 6. The summed E-state index contributed by atoms with van der Waals surface area (Å²) < 4.78 is 16.7. The molecule has 312 valence electrons. The van der Waals surface area contributed by atoms with Crippen molar-refractivity contribution in [3.05, 3.63) is 48.6 Å². The first kappa shape index (κ1) is 51.4. The smallest absolute Gasteiger partial charge is 0.306 e. The standard InChI is InChI=1S/C48H84O6/c1-4-7-10-13-16-19-22-24-27-29-32-35-38-41-47(50)53-44-45(43-52-46(49)40-37-34-31-28-25-21-18-15-12-9-6-3)54-48(51)42-39-36-33-30-26-23-20-17-14-11-8-5-2/h7,10,16-17,19-20,24,27,45H,4-6,8-9,11-15,18,21-23,25-26,28-44H2,1-3H3/b10-7-,19-16-,20-17-,27-24-. The first-order valence-corrected chi connectivity index (χ1v) is 22.6. The van der Waals surface area contributed by atoms with Gasteiger partial charge in [0.2, 0.25) is 0 Å². The van der Waals surface area contributed by atoms with Gasteiger partial charge in [-0.2, -0.15) is 0 Å². The van der Waals surface area contributed by atoms with E-state index >= 15 is 0 Å². The lowest BCUT2D eigenvalue weighted by atomic mass is 10.1. The number of carbonyl (C=O) groups excluding carboxylic acids is 3. The van der Waals surface area contributed by atoms with E-state index in [9.17, 15) is 14.4 Å². The Morgan fingerprint density at radius 3 is 1.20 bits per heavy atom. The van der Waals surface area contributed by atoms with Crippen LogP contribution < -0.4 is 0 Å². The van der Waals surface area contributed by atoms with Crippen LogP contribution in [0.1, 0.15) is 220 Å². The van der Waals surface area contributed by atoms with Crippen molar-refractivity contribution in [1.82, 2.24) is 0 Å². The third kappa shape index (κ3) is 40.6. The fourth-order valence-corrected chi connectivity index (χ4v) is 6.16. The highest BCUT2D eigenvalue weighted by atomic mass is 16.6. The van der Waals surface area contributed by atoms with Gasteiger partial charge in [-0.3, -0.25) is 14.4 Å². The Balaban J connectivity index is 4.43. The summed E-state index contributed by atoms with van der Waals surface area (Å²) in [6, 6.07) is 0. The van der Waals surface area contributed by atoms with E-state index in [4.69, 9.17) is 14.2 Å². The Morgan fingerprint density at radius 1 is 0.389 bits per heavy atom. The highest BCUT2D eigenvalue weighted by molar-refractivity contribution is 5.71. The second-order valence-corrected chi connectivity index (χ2v) is 14.9. The largest absolute Gasteiger partial charge is 0.462 e. The molecule has 0 heterocycles. The highest BCUT2D eigenvalue weighted by Crippen LogP contribution is 2.14. The lowest BCUT2D eigenvalue weighted by Gasteiger charge is -2.18. The summed E-state index contributed by atoms with van der Waals surface area (Å²) in [7, 11) is 0. The maximum Gasteiger partial charge on any atom is 0.306 e. The Kier molecular flexibility index (Phi) is 41.0. The van der Waals surface area contributed by atoms with E-state index in [1.807, 2.05) is 0 Å². The molecule has 0 aromatic rings. The van der Waals surface area contributed by atoms with E-state index in [-0.39, 0.29) is 31.1 Å². The fourth-order valence-electron chi connectivity index (χ4n) is 6.16. The molecule has 0 aromatic heterocycles. The van der Waals surface area contributed by atoms with Crippen molar-refractivity contribution in [3.8, 4) is 0 Å². The molecule has 0 aliphatic carbocycles. The zero-order valence-electron chi connectivity index (χ0n) is 35.5. The molecule has 1 unspecified atom stereocenters. The molecule has 0 rings (SSSR count). The molecule has 6 nitrogen and oxygen atoms in total. The van der Waals surface area contributed by atoms with E-state index in [1.54, 1.807) is 0 Å². The lowest BCUT2D eigenvalue weighted by molar-refractivity contribution is -0.167. The number of rotatable bonds is 40. The zero-order chi connectivity index (χ0) is 39.4. The molecular formula is C48H84O6. The number of esters is 3. The minimum absolute atomic E-state index is 0.0845. The van der Waals surface area contributed by atoms with Crippen molar-refractivity contribution in [2.24, 2.45) is 0 Å². The van der Waals surface area contributed by atoms with E-state index in [0.717, 1.165) is 96.3 Å². The third-order valence-corrected chi connectivity index (χ3v) is 9.57. The molecule has 0 spiro atoms. The summed E-state index contributed by atoms with van der Waals surface area (Å²) in [5.74, 6) is -0.926. The SMILES string of the molecule is CC/C=C\C/C=C\C/C=C\CCCCCC(=O)OCC(COC(=O)CCCCCCCCCCCCC)OC(=O)CCCCCCC/C=C\CCCCC. The van der Waals surface area contributed by atoms with Crippen LogP contribution in [-0.2, 0) is 28.6 Å². The normalized spacial score (nSPS) is 12.4. The van der Waals surface area contributed by atoms with Gasteiger partial charge in [0.25, 0.3) is 0 Å². The predicted molar refractivity (Wildman–Crippen MR) is 229 cm³/mol. The van der Waals surface area contributed by atoms with Gasteiger partial charge in [0.1, 0.15) is 13.2 Å². The Morgan fingerprint density at radius 2 is 0.722 bits per heavy atom. The number of carbonyl (C=O) groups is 3. The Hall–Kier alpha value is -2.63. The average molecular weight is 757 g/mol. The van der Waals surface area contributed by atoms with Crippen molar-refractivity contribution >= 4 is 17.9 Å². The van der Waals surface area contributed by atoms with E-state index in [0.29, 0.717) is 19.3 Å². The quantitative estimate of drug-likeness (QED) is 0.0268. The predicted octanol–water partition coefficient (Wildman–Crippen LogP) is 14.4. The van der Waals surface area contributed by atoms with Crippen LogP contribution in [0.2, 0.25) is 0 Å². The molecule has 1 atom stereocenters.